The van der Waals surface area contributed by atoms with Crippen LogP contribution in [0.25, 0.3) is 17.3 Å². The van der Waals surface area contributed by atoms with E-state index in [2.05, 4.69) is 25.8 Å². The van der Waals surface area contributed by atoms with E-state index in [1.165, 1.54) is 11.8 Å². The number of hydrogen-bond acceptors (Lipinski definition) is 5. The summed E-state index contributed by atoms with van der Waals surface area (Å²) in [4.78, 5) is 7.34. The molecule has 0 bridgehead atoms. The number of halogens is 1. The van der Waals surface area contributed by atoms with Crippen molar-refractivity contribution < 1.29 is 9.84 Å². The zero-order chi connectivity index (χ0) is 22.7. The number of pyridine rings is 1. The summed E-state index contributed by atoms with van der Waals surface area (Å²) in [6.45, 7) is 10.4. The van der Waals surface area contributed by atoms with Crippen molar-refractivity contribution in [3.05, 3.63) is 52.0 Å². The van der Waals surface area contributed by atoms with Crippen LogP contribution in [0.4, 0.5) is 0 Å². The maximum absolute atomic E-state index is 10.8. The molecular weight excluding hydrogens is 448 g/mol. The van der Waals surface area contributed by atoms with Crippen LogP contribution in [0.2, 0.25) is 5.02 Å². The molecule has 3 atom stereocenters. The van der Waals surface area contributed by atoms with Gasteiger partial charge in [-0.05, 0) is 62.6 Å². The molecule has 0 amide bonds. The van der Waals surface area contributed by atoms with E-state index in [1.807, 2.05) is 55.2 Å². The zero-order valence-corrected chi connectivity index (χ0v) is 20.9. The van der Waals surface area contributed by atoms with Crippen molar-refractivity contribution >= 4 is 46.0 Å². The summed E-state index contributed by atoms with van der Waals surface area (Å²) in [5.74, 6) is 1.11. The summed E-state index contributed by atoms with van der Waals surface area (Å²) >= 11 is 13.3. The molecule has 0 spiro atoms. The van der Waals surface area contributed by atoms with Crippen LogP contribution in [0.5, 0.6) is 5.75 Å². The molecule has 1 aliphatic heterocycles. The first-order valence-corrected chi connectivity index (χ1v) is 12.1. The summed E-state index contributed by atoms with van der Waals surface area (Å²) in [5.41, 5.74) is 2.66. The number of hydrogen-bond donors (Lipinski definition) is 1. The van der Waals surface area contributed by atoms with Crippen LogP contribution >= 0.6 is 35.6 Å². The maximum Gasteiger partial charge on any atom is 0.160 e. The van der Waals surface area contributed by atoms with Crippen LogP contribution in [0, 0.1) is 5.92 Å². The van der Waals surface area contributed by atoms with E-state index in [0.29, 0.717) is 16.7 Å². The number of benzene rings is 1. The highest BCUT2D eigenvalue weighted by atomic mass is 35.5. The van der Waals surface area contributed by atoms with E-state index >= 15 is 0 Å². The second-order valence-corrected chi connectivity index (χ2v) is 10.2. The standard InChI is InChI=1S/C24H29ClN2O2S2/c1-6-15(4)16(5)27-23(28)22(31-24(27)30)11-17-7-9-20(26-13-17)18-8-10-21(19(25)12-18)29-14(2)3/h7-16,23,28H,6H2,1-5H3. The van der Waals surface area contributed by atoms with Gasteiger partial charge in [0, 0.05) is 22.7 Å². The summed E-state index contributed by atoms with van der Waals surface area (Å²) in [6.07, 6.45) is 4.14. The van der Waals surface area contributed by atoms with Crippen molar-refractivity contribution in [3.8, 4) is 17.0 Å². The Kier molecular flexibility index (Phi) is 8.03. The number of ether oxygens (including phenoxy) is 1. The second-order valence-electron chi connectivity index (χ2n) is 8.11. The smallest absolute Gasteiger partial charge is 0.160 e. The molecule has 3 rings (SSSR count). The SMILES string of the molecule is CCC(C)C(C)N1C(=S)SC(=Cc2ccc(-c3ccc(OC(C)C)c(Cl)c3)nc2)C1O. The Morgan fingerprint density at radius 2 is 2.00 bits per heavy atom. The largest absolute Gasteiger partial charge is 0.489 e. The fraction of sp³-hybridized carbons (Fsp3) is 0.417. The Bertz CT molecular complexity index is 963. The molecule has 3 unspecified atom stereocenters. The van der Waals surface area contributed by atoms with E-state index < -0.39 is 6.23 Å². The van der Waals surface area contributed by atoms with Gasteiger partial charge in [-0.3, -0.25) is 4.98 Å². The third-order valence-electron chi connectivity index (χ3n) is 5.53. The van der Waals surface area contributed by atoms with Gasteiger partial charge in [0.25, 0.3) is 0 Å². The lowest BCUT2D eigenvalue weighted by atomic mass is 9.99. The van der Waals surface area contributed by atoms with Crippen LogP contribution in [0.15, 0.2) is 41.4 Å². The Balaban J connectivity index is 1.77. The van der Waals surface area contributed by atoms with Crippen molar-refractivity contribution in [2.75, 3.05) is 0 Å². The van der Waals surface area contributed by atoms with Gasteiger partial charge in [0.2, 0.25) is 0 Å². The average molecular weight is 477 g/mol. The van der Waals surface area contributed by atoms with Gasteiger partial charge in [-0.2, -0.15) is 0 Å². The molecule has 0 radical (unpaired) electrons. The molecule has 31 heavy (non-hydrogen) atoms. The lowest BCUT2D eigenvalue weighted by Gasteiger charge is -2.32. The minimum Gasteiger partial charge on any atom is -0.489 e. The summed E-state index contributed by atoms with van der Waals surface area (Å²) < 4.78 is 6.41. The zero-order valence-electron chi connectivity index (χ0n) is 18.5. The van der Waals surface area contributed by atoms with E-state index in [0.717, 1.165) is 32.5 Å². The normalized spacial score (nSPS) is 19.9. The van der Waals surface area contributed by atoms with Gasteiger partial charge in [0.15, 0.2) is 6.23 Å². The highest BCUT2D eigenvalue weighted by Crippen LogP contribution is 2.38. The molecule has 2 aromatic rings. The number of aliphatic hydroxyl groups excluding tert-OH is 1. The first-order valence-electron chi connectivity index (χ1n) is 10.5. The number of rotatable bonds is 7. The molecule has 7 heteroatoms. The third kappa shape index (κ3) is 5.61. The van der Waals surface area contributed by atoms with Gasteiger partial charge in [-0.1, -0.05) is 61.9 Å². The van der Waals surface area contributed by atoms with E-state index in [9.17, 15) is 5.11 Å². The summed E-state index contributed by atoms with van der Waals surface area (Å²) in [5, 5.41) is 11.4. The minimum absolute atomic E-state index is 0.0644. The molecule has 1 aliphatic rings. The lowest BCUT2D eigenvalue weighted by Crippen LogP contribution is -2.43. The third-order valence-corrected chi connectivity index (χ3v) is 7.23. The minimum atomic E-state index is -0.714. The van der Waals surface area contributed by atoms with Crippen LogP contribution in [0.1, 0.15) is 46.6 Å². The first kappa shape index (κ1) is 24.1. The predicted molar refractivity (Wildman–Crippen MR) is 135 cm³/mol. The molecule has 1 fully saturated rings. The van der Waals surface area contributed by atoms with Gasteiger partial charge in [-0.25, -0.2) is 0 Å². The average Bonchev–Trinajstić information content (AvgIpc) is 3.01. The quantitative estimate of drug-likeness (QED) is 0.453. The van der Waals surface area contributed by atoms with E-state index in [-0.39, 0.29) is 12.1 Å². The van der Waals surface area contributed by atoms with Crippen molar-refractivity contribution in [1.82, 2.24) is 9.88 Å². The molecule has 1 saturated heterocycles. The fourth-order valence-corrected chi connectivity index (χ4v) is 5.15. The predicted octanol–water partition coefficient (Wildman–Crippen LogP) is 6.62. The van der Waals surface area contributed by atoms with Gasteiger partial charge in [0.1, 0.15) is 10.1 Å². The van der Waals surface area contributed by atoms with Gasteiger partial charge in [-0.15, -0.1) is 0 Å². The molecule has 4 nitrogen and oxygen atoms in total. The Morgan fingerprint density at radius 1 is 1.26 bits per heavy atom. The number of thiocarbonyl (C=S) groups is 1. The topological polar surface area (TPSA) is 45.6 Å². The van der Waals surface area contributed by atoms with Gasteiger partial charge in [0.05, 0.1) is 16.8 Å². The highest BCUT2D eigenvalue weighted by molar-refractivity contribution is 8.26. The van der Waals surface area contributed by atoms with Crippen LogP contribution in [-0.4, -0.2) is 37.7 Å². The number of nitrogens with zero attached hydrogens (tertiary/aromatic N) is 2. The Labute approximate surface area is 199 Å². The summed E-state index contributed by atoms with van der Waals surface area (Å²) in [7, 11) is 0. The van der Waals surface area contributed by atoms with Crippen molar-refractivity contribution in [2.45, 2.75) is 59.4 Å². The van der Waals surface area contributed by atoms with E-state index in [4.69, 9.17) is 28.6 Å². The lowest BCUT2D eigenvalue weighted by molar-refractivity contribution is 0.0608. The molecular formula is C24H29ClN2O2S2. The number of aromatic nitrogens is 1. The molecule has 1 aromatic carbocycles. The first-order chi connectivity index (χ1) is 14.7. The van der Waals surface area contributed by atoms with Crippen molar-refractivity contribution in [1.29, 1.82) is 0 Å². The molecule has 0 saturated carbocycles. The Hall–Kier alpha value is -1.60. The van der Waals surface area contributed by atoms with Crippen LogP contribution in [0.3, 0.4) is 0 Å². The molecule has 2 heterocycles. The Morgan fingerprint density at radius 3 is 2.58 bits per heavy atom. The highest BCUT2D eigenvalue weighted by Gasteiger charge is 2.36. The second kappa shape index (κ2) is 10.3. The molecule has 1 N–H and O–H groups in total. The van der Waals surface area contributed by atoms with Crippen molar-refractivity contribution in [3.63, 3.8) is 0 Å². The van der Waals surface area contributed by atoms with E-state index in [1.54, 1.807) is 6.20 Å². The van der Waals surface area contributed by atoms with Crippen LogP contribution < -0.4 is 4.74 Å². The maximum atomic E-state index is 10.8. The van der Waals surface area contributed by atoms with Gasteiger partial charge >= 0.3 is 0 Å². The number of aliphatic hydroxyl groups is 1. The number of thioether (sulfide) groups is 1. The van der Waals surface area contributed by atoms with Gasteiger partial charge < -0.3 is 14.7 Å². The fourth-order valence-electron chi connectivity index (χ4n) is 3.39. The molecule has 1 aromatic heterocycles. The van der Waals surface area contributed by atoms with Crippen LogP contribution in [-0.2, 0) is 0 Å². The summed E-state index contributed by atoms with van der Waals surface area (Å²) in [6, 6.07) is 9.80. The molecule has 166 valence electrons. The molecule has 0 aliphatic carbocycles. The van der Waals surface area contributed by atoms with Crippen molar-refractivity contribution in [2.24, 2.45) is 5.92 Å². The monoisotopic (exact) mass is 476 g/mol.